The van der Waals surface area contributed by atoms with E-state index in [4.69, 9.17) is 9.15 Å². The van der Waals surface area contributed by atoms with E-state index in [-0.39, 0.29) is 12.2 Å². The molecule has 0 aliphatic heterocycles. The van der Waals surface area contributed by atoms with Crippen molar-refractivity contribution in [1.29, 1.82) is 0 Å². The number of ether oxygens (including phenoxy) is 1. The lowest BCUT2D eigenvalue weighted by atomic mass is 10.1. The molecule has 0 spiro atoms. The lowest BCUT2D eigenvalue weighted by Crippen LogP contribution is -2.24. The lowest BCUT2D eigenvalue weighted by Gasteiger charge is -2.06. The van der Waals surface area contributed by atoms with Crippen molar-refractivity contribution in [2.24, 2.45) is 5.10 Å². The molecule has 0 aliphatic rings. The highest BCUT2D eigenvalue weighted by molar-refractivity contribution is 5.83. The van der Waals surface area contributed by atoms with E-state index < -0.39 is 17.3 Å². The van der Waals surface area contributed by atoms with Crippen LogP contribution in [0.4, 0.5) is 4.39 Å². The van der Waals surface area contributed by atoms with Gasteiger partial charge in [-0.05, 0) is 30.7 Å². The molecule has 0 radical (unpaired) electrons. The summed E-state index contributed by atoms with van der Waals surface area (Å²) in [5.74, 6) is -0.572. The molecule has 0 saturated heterocycles. The second kappa shape index (κ2) is 7.60. The number of hydrogen-bond acceptors (Lipinski definition) is 5. The Balaban J connectivity index is 1.60. The van der Waals surface area contributed by atoms with E-state index in [1.54, 1.807) is 37.3 Å². The maximum atomic E-state index is 13.4. The summed E-state index contributed by atoms with van der Waals surface area (Å²) in [6.45, 7) is 1.51. The van der Waals surface area contributed by atoms with Gasteiger partial charge >= 0.3 is 5.63 Å². The van der Waals surface area contributed by atoms with Gasteiger partial charge in [0.1, 0.15) is 17.1 Å². The zero-order chi connectivity index (χ0) is 18.5. The number of aryl methyl sites for hydroxylation is 1. The molecule has 1 heterocycles. The standard InChI is InChI=1S/C19H15FN2O4/c1-12-8-19(24)26-17-9-14(6-7-15(12)17)25-11-18(23)22-21-10-13-4-2-3-5-16(13)20/h2-10H,11H2,1H3,(H,22,23)/b21-10-. The summed E-state index contributed by atoms with van der Waals surface area (Å²) in [5.41, 5.74) is 3.23. The highest BCUT2D eigenvalue weighted by Crippen LogP contribution is 2.22. The van der Waals surface area contributed by atoms with Gasteiger partial charge in [0.25, 0.3) is 5.91 Å². The SMILES string of the molecule is Cc1cc(=O)oc2cc(OCC(=O)N/N=C\c3ccccc3F)ccc12. The smallest absolute Gasteiger partial charge is 0.336 e. The zero-order valence-electron chi connectivity index (χ0n) is 13.9. The van der Waals surface area contributed by atoms with E-state index in [2.05, 4.69) is 10.5 Å². The molecule has 132 valence electrons. The van der Waals surface area contributed by atoms with Crippen LogP contribution in [-0.4, -0.2) is 18.7 Å². The molecule has 0 unspecified atom stereocenters. The van der Waals surface area contributed by atoms with Crippen molar-refractivity contribution in [2.75, 3.05) is 6.61 Å². The van der Waals surface area contributed by atoms with Gasteiger partial charge in [-0.15, -0.1) is 0 Å². The predicted octanol–water partition coefficient (Wildman–Crippen LogP) is 2.77. The normalized spacial score (nSPS) is 11.0. The number of hydrogen-bond donors (Lipinski definition) is 1. The van der Waals surface area contributed by atoms with Crippen molar-refractivity contribution < 1.29 is 18.3 Å². The first-order valence-corrected chi connectivity index (χ1v) is 7.77. The van der Waals surface area contributed by atoms with Crippen LogP contribution >= 0.6 is 0 Å². The molecule has 0 fully saturated rings. The van der Waals surface area contributed by atoms with Crippen molar-refractivity contribution in [3.05, 3.63) is 75.9 Å². The van der Waals surface area contributed by atoms with Crippen LogP contribution in [0.2, 0.25) is 0 Å². The summed E-state index contributed by atoms with van der Waals surface area (Å²) in [6.07, 6.45) is 1.21. The highest BCUT2D eigenvalue weighted by Gasteiger charge is 2.06. The second-order valence-corrected chi connectivity index (χ2v) is 5.51. The Kier molecular flexibility index (Phi) is 5.07. The maximum absolute atomic E-state index is 13.4. The fourth-order valence-electron chi connectivity index (χ4n) is 2.33. The molecular weight excluding hydrogens is 339 g/mol. The molecule has 0 bridgehead atoms. The summed E-state index contributed by atoms with van der Waals surface area (Å²) < 4.78 is 23.9. The Bertz CT molecular complexity index is 1040. The third-order valence-corrected chi connectivity index (χ3v) is 3.59. The molecule has 3 rings (SSSR count). The number of nitrogens with zero attached hydrogens (tertiary/aromatic N) is 1. The molecule has 26 heavy (non-hydrogen) atoms. The Morgan fingerprint density at radius 3 is 2.88 bits per heavy atom. The van der Waals surface area contributed by atoms with E-state index >= 15 is 0 Å². The number of carbonyl (C=O) groups is 1. The lowest BCUT2D eigenvalue weighted by molar-refractivity contribution is -0.123. The molecule has 1 amide bonds. The predicted molar refractivity (Wildman–Crippen MR) is 94.9 cm³/mol. The van der Waals surface area contributed by atoms with Gasteiger partial charge < -0.3 is 9.15 Å². The third-order valence-electron chi connectivity index (χ3n) is 3.59. The molecule has 6 nitrogen and oxygen atoms in total. The van der Waals surface area contributed by atoms with Crippen molar-refractivity contribution in [3.8, 4) is 5.75 Å². The highest BCUT2D eigenvalue weighted by atomic mass is 19.1. The number of rotatable bonds is 5. The number of hydrazone groups is 1. The number of amides is 1. The molecule has 0 aliphatic carbocycles. The van der Waals surface area contributed by atoms with Gasteiger partial charge in [0.2, 0.25) is 0 Å². The van der Waals surface area contributed by atoms with Crippen LogP contribution in [0.1, 0.15) is 11.1 Å². The number of benzene rings is 2. The van der Waals surface area contributed by atoms with Crippen molar-refractivity contribution in [1.82, 2.24) is 5.43 Å². The summed E-state index contributed by atoms with van der Waals surface area (Å²) in [6, 6.07) is 12.4. The maximum Gasteiger partial charge on any atom is 0.336 e. The van der Waals surface area contributed by atoms with Crippen molar-refractivity contribution >= 4 is 23.1 Å². The number of nitrogens with one attached hydrogen (secondary N) is 1. The van der Waals surface area contributed by atoms with Crippen LogP contribution in [-0.2, 0) is 4.79 Å². The fraction of sp³-hybridized carbons (Fsp3) is 0.105. The average Bonchev–Trinajstić information content (AvgIpc) is 2.61. The minimum atomic E-state index is -0.511. The molecule has 0 atom stereocenters. The molecular formula is C19H15FN2O4. The van der Waals surface area contributed by atoms with Crippen LogP contribution in [0.3, 0.4) is 0 Å². The Morgan fingerprint density at radius 2 is 2.08 bits per heavy atom. The third kappa shape index (κ3) is 4.13. The minimum absolute atomic E-state index is 0.258. The van der Waals surface area contributed by atoms with Gasteiger partial charge in [-0.1, -0.05) is 18.2 Å². The molecule has 2 aromatic carbocycles. The molecule has 3 aromatic rings. The van der Waals surface area contributed by atoms with Crippen LogP contribution in [0.5, 0.6) is 5.75 Å². The van der Waals surface area contributed by atoms with Gasteiger partial charge in [0, 0.05) is 23.1 Å². The zero-order valence-corrected chi connectivity index (χ0v) is 13.9. The van der Waals surface area contributed by atoms with E-state index in [9.17, 15) is 14.0 Å². The van der Waals surface area contributed by atoms with Crippen LogP contribution < -0.4 is 15.8 Å². The van der Waals surface area contributed by atoms with Gasteiger partial charge in [-0.2, -0.15) is 5.10 Å². The molecule has 1 aromatic heterocycles. The Morgan fingerprint density at radius 1 is 1.27 bits per heavy atom. The quantitative estimate of drug-likeness (QED) is 0.434. The Labute approximate surface area is 147 Å². The second-order valence-electron chi connectivity index (χ2n) is 5.51. The van der Waals surface area contributed by atoms with E-state index in [0.717, 1.165) is 10.9 Å². The van der Waals surface area contributed by atoms with Crippen molar-refractivity contribution in [2.45, 2.75) is 6.92 Å². The summed E-state index contributed by atoms with van der Waals surface area (Å²) in [4.78, 5) is 23.2. The van der Waals surface area contributed by atoms with Crippen LogP contribution in [0.25, 0.3) is 11.0 Å². The molecule has 1 N–H and O–H groups in total. The van der Waals surface area contributed by atoms with E-state index in [0.29, 0.717) is 11.3 Å². The first-order valence-electron chi connectivity index (χ1n) is 7.77. The van der Waals surface area contributed by atoms with Gasteiger partial charge in [-0.25, -0.2) is 14.6 Å². The number of carbonyl (C=O) groups excluding carboxylic acids is 1. The summed E-state index contributed by atoms with van der Waals surface area (Å²) in [5, 5.41) is 4.47. The van der Waals surface area contributed by atoms with Crippen molar-refractivity contribution in [3.63, 3.8) is 0 Å². The van der Waals surface area contributed by atoms with Gasteiger partial charge in [0.15, 0.2) is 6.61 Å². The van der Waals surface area contributed by atoms with Crippen LogP contribution in [0, 0.1) is 12.7 Å². The summed E-state index contributed by atoms with van der Waals surface area (Å²) in [7, 11) is 0. The molecule has 7 heteroatoms. The first-order chi connectivity index (χ1) is 12.5. The monoisotopic (exact) mass is 354 g/mol. The van der Waals surface area contributed by atoms with Gasteiger partial charge in [-0.3, -0.25) is 4.79 Å². The van der Waals surface area contributed by atoms with Crippen LogP contribution in [0.15, 0.2) is 62.8 Å². The number of halogens is 1. The average molecular weight is 354 g/mol. The van der Waals surface area contributed by atoms with E-state index in [1.807, 2.05) is 0 Å². The Hall–Kier alpha value is -3.48. The topological polar surface area (TPSA) is 80.9 Å². The van der Waals surface area contributed by atoms with E-state index in [1.165, 1.54) is 24.4 Å². The fourth-order valence-corrected chi connectivity index (χ4v) is 2.33. The minimum Gasteiger partial charge on any atom is -0.484 e. The first kappa shape index (κ1) is 17.3. The summed E-state index contributed by atoms with van der Waals surface area (Å²) >= 11 is 0. The van der Waals surface area contributed by atoms with Gasteiger partial charge in [0.05, 0.1) is 6.21 Å². The largest absolute Gasteiger partial charge is 0.484 e. The molecule has 0 saturated carbocycles. The number of fused-ring (bicyclic) bond motifs is 1.